The number of anilines is 1. The summed E-state index contributed by atoms with van der Waals surface area (Å²) in [6.07, 6.45) is 0. The summed E-state index contributed by atoms with van der Waals surface area (Å²) in [6.45, 7) is 5.45. The Kier molecular flexibility index (Phi) is 2.77. The van der Waals surface area contributed by atoms with Crippen LogP contribution in [0.3, 0.4) is 0 Å². The molecule has 3 aromatic rings. The number of hydrogen-bond donors (Lipinski definition) is 2. The van der Waals surface area contributed by atoms with Crippen molar-refractivity contribution in [3.8, 4) is 5.75 Å². The van der Waals surface area contributed by atoms with Crippen molar-refractivity contribution in [1.29, 1.82) is 0 Å². The van der Waals surface area contributed by atoms with E-state index in [-0.39, 0.29) is 11.8 Å². The number of phenolic OH excluding ortho intramolecular Hbond substituents is 1. The molecule has 0 saturated heterocycles. The van der Waals surface area contributed by atoms with Crippen LogP contribution in [0, 0.1) is 5.92 Å². The third kappa shape index (κ3) is 1.77. The first-order chi connectivity index (χ1) is 10.6. The minimum atomic E-state index is 0.195. The predicted octanol–water partition coefficient (Wildman–Crippen LogP) is 2.60. The Balaban J connectivity index is 2.17. The van der Waals surface area contributed by atoms with E-state index in [1.165, 1.54) is 0 Å². The number of hydrogen-bond acceptors (Lipinski definition) is 5. The Morgan fingerprint density at radius 1 is 1.36 bits per heavy atom. The Morgan fingerprint density at radius 2 is 2.18 bits per heavy atom. The molecule has 0 spiro atoms. The third-order valence-electron chi connectivity index (χ3n) is 4.32. The molecule has 0 aliphatic carbocycles. The maximum Gasteiger partial charge on any atom is 0.152 e. The molecule has 0 bridgehead atoms. The Hall–Kier alpha value is -2.34. The van der Waals surface area contributed by atoms with Crippen molar-refractivity contribution in [2.75, 3.05) is 12.3 Å². The molecule has 1 aliphatic heterocycles. The van der Waals surface area contributed by atoms with Gasteiger partial charge in [-0.1, -0.05) is 13.8 Å². The summed E-state index contributed by atoms with van der Waals surface area (Å²) in [7, 11) is 0. The first-order valence-electron chi connectivity index (χ1n) is 7.43. The summed E-state index contributed by atoms with van der Waals surface area (Å²) < 4.78 is 7.89. The number of phenols is 1. The van der Waals surface area contributed by atoms with Crippen LogP contribution >= 0.6 is 0 Å². The lowest BCUT2D eigenvalue weighted by Crippen LogP contribution is -2.27. The van der Waals surface area contributed by atoms with Gasteiger partial charge in [0.15, 0.2) is 5.82 Å². The predicted molar refractivity (Wildman–Crippen MR) is 84.6 cm³/mol. The smallest absolute Gasteiger partial charge is 0.152 e. The fourth-order valence-electron chi connectivity index (χ4n) is 3.20. The van der Waals surface area contributed by atoms with Crippen molar-refractivity contribution >= 4 is 27.8 Å². The van der Waals surface area contributed by atoms with Crippen LogP contribution in [0.15, 0.2) is 18.2 Å². The van der Waals surface area contributed by atoms with Gasteiger partial charge in [-0.25, -0.2) is 9.97 Å². The van der Waals surface area contributed by atoms with Gasteiger partial charge in [-0.05, 0) is 24.1 Å². The van der Waals surface area contributed by atoms with Gasteiger partial charge >= 0.3 is 0 Å². The van der Waals surface area contributed by atoms with Gasteiger partial charge in [0.1, 0.15) is 23.7 Å². The number of benzene rings is 1. The van der Waals surface area contributed by atoms with Gasteiger partial charge in [-0.15, -0.1) is 0 Å². The topological polar surface area (TPSA) is 86.2 Å². The van der Waals surface area contributed by atoms with Gasteiger partial charge in [0, 0.05) is 5.39 Å². The molecule has 0 fully saturated rings. The summed E-state index contributed by atoms with van der Waals surface area (Å²) in [6, 6.07) is 5.33. The molecular weight excluding hydrogens is 280 g/mol. The molecule has 0 amide bonds. The van der Waals surface area contributed by atoms with E-state index < -0.39 is 0 Å². The summed E-state index contributed by atoms with van der Waals surface area (Å²) in [5.41, 5.74) is 8.49. The molecule has 0 saturated carbocycles. The van der Waals surface area contributed by atoms with Crippen LogP contribution in [0.4, 0.5) is 5.82 Å². The Bertz CT molecular complexity index is 885. The van der Waals surface area contributed by atoms with Crippen molar-refractivity contribution in [2.45, 2.75) is 26.5 Å². The summed E-state index contributed by atoms with van der Waals surface area (Å²) in [5.74, 6) is 1.89. The normalized spacial score (nSPS) is 18.2. The first-order valence-corrected chi connectivity index (χ1v) is 7.43. The molecule has 6 nitrogen and oxygen atoms in total. The highest BCUT2D eigenvalue weighted by atomic mass is 16.5. The highest BCUT2D eigenvalue weighted by Crippen LogP contribution is 2.36. The van der Waals surface area contributed by atoms with Crippen molar-refractivity contribution in [2.24, 2.45) is 5.92 Å². The quantitative estimate of drug-likeness (QED) is 0.721. The Labute approximate surface area is 127 Å². The first kappa shape index (κ1) is 13.3. The number of nitrogens with zero attached hydrogens (tertiary/aromatic N) is 3. The molecule has 1 aliphatic rings. The number of nitrogen functional groups attached to an aromatic ring is 1. The second kappa shape index (κ2) is 4.58. The monoisotopic (exact) mass is 298 g/mol. The molecule has 3 heterocycles. The summed E-state index contributed by atoms with van der Waals surface area (Å²) in [4.78, 5) is 9.04. The number of fused-ring (bicyclic) bond motifs is 5. The average Bonchev–Trinajstić information content (AvgIpc) is 2.88. The zero-order chi connectivity index (χ0) is 15.4. The lowest BCUT2D eigenvalue weighted by molar-refractivity contribution is 0.0418. The fraction of sp³-hybridized carbons (Fsp3) is 0.375. The van der Waals surface area contributed by atoms with Crippen molar-refractivity contribution in [3.63, 3.8) is 0 Å². The zero-order valence-electron chi connectivity index (χ0n) is 12.6. The maximum atomic E-state index is 9.86. The minimum Gasteiger partial charge on any atom is -0.508 e. The summed E-state index contributed by atoms with van der Waals surface area (Å²) >= 11 is 0. The minimum absolute atomic E-state index is 0.195. The van der Waals surface area contributed by atoms with E-state index in [9.17, 15) is 5.11 Å². The number of aromatic hydroxyl groups is 1. The lowest BCUT2D eigenvalue weighted by Gasteiger charge is -2.29. The van der Waals surface area contributed by atoms with Crippen LogP contribution in [0.2, 0.25) is 0 Å². The zero-order valence-corrected chi connectivity index (χ0v) is 12.6. The molecule has 2 aromatic heterocycles. The molecule has 0 unspecified atom stereocenters. The molecular formula is C16H18N4O2. The van der Waals surface area contributed by atoms with E-state index in [0.717, 1.165) is 22.2 Å². The molecule has 1 aromatic carbocycles. The van der Waals surface area contributed by atoms with Crippen LogP contribution < -0.4 is 5.73 Å². The molecule has 114 valence electrons. The highest BCUT2D eigenvalue weighted by Gasteiger charge is 2.28. The van der Waals surface area contributed by atoms with Gasteiger partial charge in [0.25, 0.3) is 0 Å². The number of ether oxygens (including phenoxy) is 1. The van der Waals surface area contributed by atoms with Crippen molar-refractivity contribution < 1.29 is 9.84 Å². The Morgan fingerprint density at radius 3 is 2.95 bits per heavy atom. The second-order valence-corrected chi connectivity index (χ2v) is 6.12. The lowest BCUT2D eigenvalue weighted by atomic mass is 10.0. The van der Waals surface area contributed by atoms with Crippen molar-refractivity contribution in [1.82, 2.24) is 14.5 Å². The highest BCUT2D eigenvalue weighted by molar-refractivity contribution is 6.07. The third-order valence-corrected chi connectivity index (χ3v) is 4.32. The molecule has 0 radical (unpaired) electrons. The maximum absolute atomic E-state index is 9.86. The van der Waals surface area contributed by atoms with E-state index in [4.69, 9.17) is 10.5 Å². The van der Waals surface area contributed by atoms with Crippen LogP contribution in [0.1, 0.15) is 25.7 Å². The van der Waals surface area contributed by atoms with Crippen LogP contribution in [-0.4, -0.2) is 26.2 Å². The molecule has 1 atom stereocenters. The number of rotatable bonds is 1. The number of imidazole rings is 1. The van der Waals surface area contributed by atoms with E-state index in [1.54, 1.807) is 18.2 Å². The molecule has 4 rings (SSSR count). The van der Waals surface area contributed by atoms with Gasteiger partial charge in [0.05, 0.1) is 23.7 Å². The van der Waals surface area contributed by atoms with Crippen LogP contribution in [0.5, 0.6) is 5.75 Å². The van der Waals surface area contributed by atoms with Crippen LogP contribution in [-0.2, 0) is 11.3 Å². The number of nitrogens with two attached hydrogens (primary N) is 1. The average molecular weight is 298 g/mol. The van der Waals surface area contributed by atoms with E-state index in [2.05, 4.69) is 28.4 Å². The number of pyridine rings is 1. The molecule has 3 N–H and O–H groups in total. The summed E-state index contributed by atoms with van der Waals surface area (Å²) in [5, 5.41) is 10.7. The van der Waals surface area contributed by atoms with Crippen LogP contribution in [0.25, 0.3) is 21.9 Å². The van der Waals surface area contributed by atoms with Gasteiger partial charge in [-0.3, -0.25) is 0 Å². The van der Waals surface area contributed by atoms with E-state index >= 15 is 0 Å². The van der Waals surface area contributed by atoms with Gasteiger partial charge in [-0.2, -0.15) is 0 Å². The SMILES string of the molecule is CC(C)[C@H]1COCc2nc3c(N)nc4ccc(O)cc4c3n21. The van der Waals surface area contributed by atoms with E-state index in [1.807, 2.05) is 0 Å². The number of aromatic nitrogens is 3. The second-order valence-electron chi connectivity index (χ2n) is 6.12. The molecule has 6 heteroatoms. The standard InChI is InChI=1S/C16H18N4O2/c1-8(2)12-6-22-7-13-19-14-15(20(12)13)10-5-9(21)3-4-11(10)18-16(14)17/h3-5,8,12,21H,6-7H2,1-2H3,(H2,17,18)/t12-/m1/s1. The fourth-order valence-corrected chi connectivity index (χ4v) is 3.20. The van der Waals surface area contributed by atoms with Gasteiger partial charge < -0.3 is 20.1 Å². The van der Waals surface area contributed by atoms with E-state index in [0.29, 0.717) is 30.5 Å². The van der Waals surface area contributed by atoms with Gasteiger partial charge in [0.2, 0.25) is 0 Å². The van der Waals surface area contributed by atoms with Crippen molar-refractivity contribution in [3.05, 3.63) is 24.0 Å². The largest absolute Gasteiger partial charge is 0.508 e. The molecule has 22 heavy (non-hydrogen) atoms.